The van der Waals surface area contributed by atoms with Gasteiger partial charge in [-0.2, -0.15) is 0 Å². The topological polar surface area (TPSA) is 59.2 Å². The van der Waals surface area contributed by atoms with Crippen LogP contribution in [0.1, 0.15) is 5.56 Å². The number of halogens is 1. The van der Waals surface area contributed by atoms with Crippen LogP contribution in [0, 0.1) is 0 Å². The molecule has 0 radical (unpaired) electrons. The lowest BCUT2D eigenvalue weighted by Crippen LogP contribution is -2.35. The van der Waals surface area contributed by atoms with Crippen LogP contribution in [0.4, 0.5) is 10.6 Å². The summed E-state index contributed by atoms with van der Waals surface area (Å²) in [6.45, 7) is 0.356. The molecule has 24 heavy (non-hydrogen) atoms. The Morgan fingerprint density at radius 2 is 1.67 bits per heavy atom. The molecule has 0 aliphatic heterocycles. The molecule has 0 fully saturated rings. The molecule has 1 heterocycles. The van der Waals surface area contributed by atoms with E-state index in [9.17, 15) is 4.79 Å². The molecule has 0 spiro atoms. The van der Waals surface area contributed by atoms with Crippen LogP contribution in [0.5, 0.6) is 0 Å². The van der Waals surface area contributed by atoms with Crippen LogP contribution in [0.15, 0.2) is 72.8 Å². The highest BCUT2D eigenvalue weighted by Crippen LogP contribution is 2.27. The van der Waals surface area contributed by atoms with E-state index in [4.69, 9.17) is 17.3 Å². The predicted octanol–water partition coefficient (Wildman–Crippen LogP) is 4.49. The predicted molar refractivity (Wildman–Crippen MR) is 96.9 cm³/mol. The van der Waals surface area contributed by atoms with Crippen LogP contribution >= 0.6 is 11.6 Å². The van der Waals surface area contributed by atoms with Gasteiger partial charge in [0, 0.05) is 10.6 Å². The molecule has 120 valence electrons. The number of anilines is 1. The largest absolute Gasteiger partial charge is 0.351 e. The van der Waals surface area contributed by atoms with Gasteiger partial charge in [0.1, 0.15) is 5.82 Å². The van der Waals surface area contributed by atoms with Gasteiger partial charge in [-0.25, -0.2) is 9.78 Å². The first-order valence-corrected chi connectivity index (χ1v) is 7.86. The second kappa shape index (κ2) is 7.15. The van der Waals surface area contributed by atoms with E-state index in [-0.39, 0.29) is 0 Å². The molecule has 2 N–H and O–H groups in total. The Morgan fingerprint density at radius 1 is 0.958 bits per heavy atom. The van der Waals surface area contributed by atoms with Crippen LogP contribution in [-0.4, -0.2) is 11.0 Å². The van der Waals surface area contributed by atoms with Crippen molar-refractivity contribution < 1.29 is 4.79 Å². The number of carbonyl (C=O) groups is 1. The van der Waals surface area contributed by atoms with Gasteiger partial charge in [-0.15, -0.1) is 0 Å². The number of primary amides is 1. The average molecular weight is 338 g/mol. The molecule has 0 atom stereocenters. The molecule has 0 saturated carbocycles. The van der Waals surface area contributed by atoms with Crippen molar-refractivity contribution >= 4 is 23.4 Å². The molecule has 1 aromatic heterocycles. The van der Waals surface area contributed by atoms with Crippen molar-refractivity contribution in [3.05, 3.63) is 83.4 Å². The fourth-order valence-corrected chi connectivity index (χ4v) is 2.66. The summed E-state index contributed by atoms with van der Waals surface area (Å²) in [5.41, 5.74) is 8.03. The van der Waals surface area contributed by atoms with E-state index in [0.29, 0.717) is 23.1 Å². The summed E-state index contributed by atoms with van der Waals surface area (Å²) < 4.78 is 0. The number of amides is 2. The van der Waals surface area contributed by atoms with Crippen LogP contribution in [0.2, 0.25) is 5.02 Å². The highest BCUT2D eigenvalue weighted by molar-refractivity contribution is 6.33. The van der Waals surface area contributed by atoms with Crippen LogP contribution in [-0.2, 0) is 6.54 Å². The van der Waals surface area contributed by atoms with E-state index in [1.807, 2.05) is 60.7 Å². The van der Waals surface area contributed by atoms with E-state index in [1.165, 1.54) is 4.90 Å². The summed E-state index contributed by atoms with van der Waals surface area (Å²) in [6.07, 6.45) is 0. The quantitative estimate of drug-likeness (QED) is 0.762. The third kappa shape index (κ3) is 3.55. The number of rotatable bonds is 4. The molecule has 0 aliphatic carbocycles. The zero-order valence-corrected chi connectivity index (χ0v) is 13.6. The molecule has 2 aromatic carbocycles. The highest BCUT2D eigenvalue weighted by Gasteiger charge is 2.15. The molecule has 3 aromatic rings. The smallest absolute Gasteiger partial charge is 0.320 e. The molecule has 4 nitrogen and oxygen atoms in total. The molecular formula is C19H16ClN3O. The third-order valence-electron chi connectivity index (χ3n) is 3.61. The minimum Gasteiger partial charge on any atom is -0.351 e. The fourth-order valence-electron chi connectivity index (χ4n) is 2.43. The first-order valence-electron chi connectivity index (χ1n) is 7.48. The molecule has 5 heteroatoms. The van der Waals surface area contributed by atoms with Crippen LogP contribution < -0.4 is 10.6 Å². The maximum atomic E-state index is 11.9. The first kappa shape index (κ1) is 16.0. The van der Waals surface area contributed by atoms with Crippen LogP contribution in [0.3, 0.4) is 0 Å². The normalized spacial score (nSPS) is 10.4. The SMILES string of the molecule is NC(=O)N(Cc1ccccc1)c1cccc(-c2ccccc2Cl)n1. The fraction of sp³-hybridized carbons (Fsp3) is 0.0526. The van der Waals surface area contributed by atoms with Crippen molar-refractivity contribution in [1.82, 2.24) is 4.98 Å². The highest BCUT2D eigenvalue weighted by atomic mass is 35.5. The number of hydrogen-bond donors (Lipinski definition) is 1. The number of pyridine rings is 1. The molecule has 0 saturated heterocycles. The van der Waals surface area contributed by atoms with Gasteiger partial charge in [-0.1, -0.05) is 66.2 Å². The van der Waals surface area contributed by atoms with Gasteiger partial charge < -0.3 is 5.73 Å². The van der Waals surface area contributed by atoms with Gasteiger partial charge in [0.15, 0.2) is 0 Å². The van der Waals surface area contributed by atoms with E-state index < -0.39 is 6.03 Å². The van der Waals surface area contributed by atoms with Gasteiger partial charge in [0.05, 0.1) is 12.2 Å². The minimum absolute atomic E-state index is 0.356. The number of nitrogens with zero attached hydrogens (tertiary/aromatic N) is 2. The Morgan fingerprint density at radius 3 is 2.38 bits per heavy atom. The van der Waals surface area contributed by atoms with Crippen molar-refractivity contribution in [1.29, 1.82) is 0 Å². The molecule has 0 bridgehead atoms. The third-order valence-corrected chi connectivity index (χ3v) is 3.94. The molecule has 2 amide bonds. The zero-order valence-electron chi connectivity index (χ0n) is 12.9. The Balaban J connectivity index is 1.96. The number of carbonyl (C=O) groups excluding carboxylic acids is 1. The molecule has 0 unspecified atom stereocenters. The maximum Gasteiger partial charge on any atom is 0.320 e. The Bertz CT molecular complexity index is 852. The van der Waals surface area contributed by atoms with Crippen molar-refractivity contribution in [3.8, 4) is 11.3 Å². The monoisotopic (exact) mass is 337 g/mol. The molecular weight excluding hydrogens is 322 g/mol. The van der Waals surface area contributed by atoms with Gasteiger partial charge in [-0.05, 0) is 23.8 Å². The number of aromatic nitrogens is 1. The lowest BCUT2D eigenvalue weighted by molar-refractivity contribution is 0.253. The first-order chi connectivity index (χ1) is 11.6. The summed E-state index contributed by atoms with van der Waals surface area (Å²) in [6, 6.07) is 22.0. The lowest BCUT2D eigenvalue weighted by atomic mass is 10.1. The van der Waals surface area contributed by atoms with Gasteiger partial charge in [0.25, 0.3) is 0 Å². The molecule has 0 aliphatic rings. The number of benzene rings is 2. The molecule has 3 rings (SSSR count). The second-order valence-corrected chi connectivity index (χ2v) is 5.68. The number of hydrogen-bond acceptors (Lipinski definition) is 2. The standard InChI is InChI=1S/C19H16ClN3O/c20-16-10-5-4-9-15(16)17-11-6-12-18(22-17)23(19(21)24)13-14-7-2-1-3-8-14/h1-12H,13H2,(H2,21,24). The van der Waals surface area contributed by atoms with E-state index in [2.05, 4.69) is 4.98 Å². The Labute approximate surface area is 145 Å². The summed E-state index contributed by atoms with van der Waals surface area (Å²) >= 11 is 6.24. The minimum atomic E-state index is -0.553. The average Bonchev–Trinajstić information content (AvgIpc) is 2.61. The zero-order chi connectivity index (χ0) is 16.9. The maximum absolute atomic E-state index is 11.9. The number of nitrogens with two attached hydrogens (primary N) is 1. The van der Waals surface area contributed by atoms with Crippen molar-refractivity contribution in [2.24, 2.45) is 5.73 Å². The summed E-state index contributed by atoms with van der Waals surface area (Å²) in [5.74, 6) is 0.490. The van der Waals surface area contributed by atoms with E-state index in [0.717, 1.165) is 11.1 Å². The van der Waals surface area contributed by atoms with Crippen molar-refractivity contribution in [3.63, 3.8) is 0 Å². The van der Waals surface area contributed by atoms with Gasteiger partial charge >= 0.3 is 6.03 Å². The summed E-state index contributed by atoms with van der Waals surface area (Å²) in [5, 5.41) is 0.607. The van der Waals surface area contributed by atoms with Crippen molar-refractivity contribution in [2.45, 2.75) is 6.54 Å². The number of urea groups is 1. The Hall–Kier alpha value is -2.85. The van der Waals surface area contributed by atoms with E-state index in [1.54, 1.807) is 12.1 Å². The second-order valence-electron chi connectivity index (χ2n) is 5.27. The van der Waals surface area contributed by atoms with Gasteiger partial charge in [0.2, 0.25) is 0 Å². The summed E-state index contributed by atoms with van der Waals surface area (Å²) in [4.78, 5) is 17.9. The lowest BCUT2D eigenvalue weighted by Gasteiger charge is -2.20. The van der Waals surface area contributed by atoms with E-state index >= 15 is 0 Å². The van der Waals surface area contributed by atoms with Crippen LogP contribution in [0.25, 0.3) is 11.3 Å². The summed E-state index contributed by atoms with van der Waals surface area (Å²) in [7, 11) is 0. The van der Waals surface area contributed by atoms with Gasteiger partial charge in [-0.3, -0.25) is 4.90 Å². The Kier molecular flexibility index (Phi) is 4.77. The van der Waals surface area contributed by atoms with Crippen molar-refractivity contribution in [2.75, 3.05) is 4.90 Å².